The van der Waals surface area contributed by atoms with E-state index in [1.807, 2.05) is 0 Å². The molecule has 1 aliphatic rings. The van der Waals surface area contributed by atoms with E-state index in [1.165, 1.54) is 29.2 Å². The molecule has 8 heteroatoms. The maximum absolute atomic E-state index is 13.3. The van der Waals surface area contributed by atoms with Crippen LogP contribution in [0.3, 0.4) is 0 Å². The lowest BCUT2D eigenvalue weighted by Gasteiger charge is -2.23. The minimum Gasteiger partial charge on any atom is -0.375 e. The highest BCUT2D eigenvalue weighted by Crippen LogP contribution is 2.43. The molecule has 4 rings (SSSR count). The molecule has 0 saturated carbocycles. The minimum atomic E-state index is -2.04. The fourth-order valence-electron chi connectivity index (χ4n) is 3.73. The monoisotopic (exact) mass is 436 g/mol. The molecule has 1 atom stereocenters. The molecular formula is C23H17ClN2O5. The Morgan fingerprint density at radius 2 is 1.68 bits per heavy atom. The van der Waals surface area contributed by atoms with Gasteiger partial charge in [-0.2, -0.15) is 0 Å². The summed E-state index contributed by atoms with van der Waals surface area (Å²) in [6.07, 6.45) is -0.486. The molecule has 1 N–H and O–H groups in total. The van der Waals surface area contributed by atoms with E-state index in [9.17, 15) is 24.8 Å². The summed E-state index contributed by atoms with van der Waals surface area (Å²) in [5.41, 5.74) is -0.471. The average Bonchev–Trinajstić information content (AvgIpc) is 2.97. The summed E-state index contributed by atoms with van der Waals surface area (Å²) in [6, 6.07) is 18.9. The number of anilines is 1. The van der Waals surface area contributed by atoms with E-state index in [4.69, 9.17) is 11.6 Å². The number of carbonyl (C=O) groups is 2. The number of non-ortho nitro benzene ring substituents is 1. The number of nitro groups is 1. The van der Waals surface area contributed by atoms with Crippen LogP contribution in [-0.4, -0.2) is 21.7 Å². The molecule has 31 heavy (non-hydrogen) atoms. The summed E-state index contributed by atoms with van der Waals surface area (Å²) >= 11 is 6.25. The maximum Gasteiger partial charge on any atom is 0.269 e. The topological polar surface area (TPSA) is 101 Å². The molecule has 3 aromatic rings. The Morgan fingerprint density at radius 3 is 2.35 bits per heavy atom. The van der Waals surface area contributed by atoms with E-state index in [2.05, 4.69) is 0 Å². The van der Waals surface area contributed by atoms with Crippen LogP contribution in [-0.2, 0) is 16.9 Å². The van der Waals surface area contributed by atoms with Gasteiger partial charge in [0, 0.05) is 28.3 Å². The second-order valence-corrected chi connectivity index (χ2v) is 7.67. The first-order valence-corrected chi connectivity index (χ1v) is 9.84. The van der Waals surface area contributed by atoms with Gasteiger partial charge in [-0.05, 0) is 29.8 Å². The SMILES string of the molecule is O=C(CC1(O)C(=O)N(Cc2ccccc2Cl)c2ccccc21)c1ccc([N+](=O)[O-])cc1. The zero-order valence-corrected chi connectivity index (χ0v) is 17.0. The summed E-state index contributed by atoms with van der Waals surface area (Å²) in [7, 11) is 0. The molecule has 1 amide bonds. The van der Waals surface area contributed by atoms with Crippen LogP contribution in [0.1, 0.15) is 27.9 Å². The van der Waals surface area contributed by atoms with E-state index < -0.39 is 28.6 Å². The highest BCUT2D eigenvalue weighted by Gasteiger charge is 2.50. The highest BCUT2D eigenvalue weighted by molar-refractivity contribution is 6.31. The number of ketones is 1. The Hall–Kier alpha value is -3.55. The fourth-order valence-corrected chi connectivity index (χ4v) is 3.93. The third kappa shape index (κ3) is 3.69. The van der Waals surface area contributed by atoms with E-state index in [-0.39, 0.29) is 17.8 Å². The highest BCUT2D eigenvalue weighted by atomic mass is 35.5. The van der Waals surface area contributed by atoms with E-state index >= 15 is 0 Å². The van der Waals surface area contributed by atoms with Crippen LogP contribution < -0.4 is 4.90 Å². The summed E-state index contributed by atoms with van der Waals surface area (Å²) in [4.78, 5) is 37.8. The number of nitro benzene ring substituents is 1. The standard InChI is InChI=1S/C23H17ClN2O5/c24-19-7-3-1-5-16(19)14-25-20-8-4-2-6-18(20)23(29,22(25)28)13-21(27)15-9-11-17(12-10-15)26(30)31/h1-12,29H,13-14H2. The fraction of sp³-hybridized carbons (Fsp3) is 0.130. The Balaban J connectivity index is 1.65. The molecule has 0 spiro atoms. The normalized spacial score (nSPS) is 17.5. The predicted molar refractivity (Wildman–Crippen MR) is 115 cm³/mol. The van der Waals surface area contributed by atoms with Crippen molar-refractivity contribution < 1.29 is 19.6 Å². The Morgan fingerprint density at radius 1 is 1.03 bits per heavy atom. The van der Waals surface area contributed by atoms with Crippen molar-refractivity contribution in [3.8, 4) is 0 Å². The number of hydrogen-bond donors (Lipinski definition) is 1. The molecule has 3 aromatic carbocycles. The molecular weight excluding hydrogens is 420 g/mol. The summed E-state index contributed by atoms with van der Waals surface area (Å²) < 4.78 is 0. The summed E-state index contributed by atoms with van der Waals surface area (Å²) in [6.45, 7) is 0.142. The van der Waals surface area contributed by atoms with E-state index in [0.29, 0.717) is 21.8 Å². The van der Waals surface area contributed by atoms with Crippen molar-refractivity contribution in [2.24, 2.45) is 0 Å². The van der Waals surface area contributed by atoms with Gasteiger partial charge in [-0.3, -0.25) is 19.7 Å². The number of nitrogens with zero attached hydrogens (tertiary/aromatic N) is 2. The van der Waals surface area contributed by atoms with Crippen LogP contribution in [0, 0.1) is 10.1 Å². The van der Waals surface area contributed by atoms with Crippen molar-refractivity contribution in [2.45, 2.75) is 18.6 Å². The maximum atomic E-state index is 13.3. The molecule has 1 aliphatic heterocycles. The minimum absolute atomic E-state index is 0.142. The first kappa shape index (κ1) is 20.7. The third-order valence-corrected chi connectivity index (χ3v) is 5.71. The lowest BCUT2D eigenvalue weighted by atomic mass is 9.88. The van der Waals surface area contributed by atoms with Crippen molar-refractivity contribution in [1.29, 1.82) is 0 Å². The first-order chi connectivity index (χ1) is 14.8. The lowest BCUT2D eigenvalue weighted by Crippen LogP contribution is -2.41. The van der Waals surface area contributed by atoms with Gasteiger partial charge in [0.25, 0.3) is 11.6 Å². The van der Waals surface area contributed by atoms with Crippen molar-refractivity contribution >= 4 is 34.7 Å². The van der Waals surface area contributed by atoms with Gasteiger partial charge in [0.05, 0.1) is 23.6 Å². The molecule has 7 nitrogen and oxygen atoms in total. The number of carbonyl (C=O) groups excluding carboxylic acids is 2. The predicted octanol–water partition coefficient (Wildman–Crippen LogP) is 4.26. The Bertz CT molecular complexity index is 1190. The van der Waals surface area contributed by atoms with Crippen LogP contribution in [0.25, 0.3) is 0 Å². The lowest BCUT2D eigenvalue weighted by molar-refractivity contribution is -0.384. The summed E-state index contributed by atoms with van der Waals surface area (Å²) in [5.74, 6) is -1.12. The van der Waals surface area contributed by atoms with Crippen LogP contribution in [0.4, 0.5) is 11.4 Å². The molecule has 156 valence electrons. The van der Waals surface area contributed by atoms with Crippen molar-refractivity contribution in [1.82, 2.24) is 0 Å². The second kappa shape index (κ2) is 7.94. The molecule has 1 unspecified atom stereocenters. The van der Waals surface area contributed by atoms with Crippen molar-refractivity contribution in [3.05, 3.63) is 105 Å². The van der Waals surface area contributed by atoms with Gasteiger partial charge in [-0.15, -0.1) is 0 Å². The number of halogens is 1. The van der Waals surface area contributed by atoms with Gasteiger partial charge in [0.1, 0.15) is 0 Å². The Kier molecular flexibility index (Phi) is 5.31. The van der Waals surface area contributed by atoms with Gasteiger partial charge < -0.3 is 10.0 Å². The first-order valence-electron chi connectivity index (χ1n) is 9.46. The quantitative estimate of drug-likeness (QED) is 0.353. The van der Waals surface area contributed by atoms with Gasteiger partial charge in [0.15, 0.2) is 11.4 Å². The van der Waals surface area contributed by atoms with Crippen LogP contribution in [0.2, 0.25) is 5.02 Å². The summed E-state index contributed by atoms with van der Waals surface area (Å²) in [5, 5.41) is 22.7. The Labute approximate surface area is 182 Å². The number of hydrogen-bond acceptors (Lipinski definition) is 5. The van der Waals surface area contributed by atoms with E-state index in [1.54, 1.807) is 48.5 Å². The van der Waals surface area contributed by atoms with Crippen molar-refractivity contribution in [2.75, 3.05) is 4.90 Å². The van der Waals surface area contributed by atoms with Crippen LogP contribution in [0.15, 0.2) is 72.8 Å². The van der Waals surface area contributed by atoms with Gasteiger partial charge in [0.2, 0.25) is 0 Å². The number of para-hydroxylation sites is 1. The second-order valence-electron chi connectivity index (χ2n) is 7.26. The average molecular weight is 437 g/mol. The number of amides is 1. The number of rotatable bonds is 6. The smallest absolute Gasteiger partial charge is 0.269 e. The molecule has 0 radical (unpaired) electrons. The molecule has 0 aromatic heterocycles. The molecule has 1 heterocycles. The number of fused-ring (bicyclic) bond motifs is 1. The van der Waals surface area contributed by atoms with Crippen molar-refractivity contribution in [3.63, 3.8) is 0 Å². The van der Waals surface area contributed by atoms with Crippen LogP contribution >= 0.6 is 11.6 Å². The van der Waals surface area contributed by atoms with Crippen LogP contribution in [0.5, 0.6) is 0 Å². The number of benzene rings is 3. The zero-order chi connectivity index (χ0) is 22.2. The molecule has 0 aliphatic carbocycles. The van der Waals surface area contributed by atoms with E-state index in [0.717, 1.165) is 0 Å². The zero-order valence-electron chi connectivity index (χ0n) is 16.2. The number of Topliss-reactive ketones (excluding diaryl/α,β-unsaturated/α-hetero) is 1. The molecule has 0 saturated heterocycles. The molecule has 0 bridgehead atoms. The van der Waals surface area contributed by atoms with Gasteiger partial charge >= 0.3 is 0 Å². The largest absolute Gasteiger partial charge is 0.375 e. The van der Waals surface area contributed by atoms with Gasteiger partial charge in [-0.25, -0.2) is 0 Å². The van der Waals surface area contributed by atoms with Gasteiger partial charge in [-0.1, -0.05) is 48.0 Å². The number of aliphatic hydroxyl groups is 1. The molecule has 0 fully saturated rings. The third-order valence-electron chi connectivity index (χ3n) is 5.34.